The molecule has 0 aliphatic carbocycles. The molecule has 4 N–H and O–H groups in total. The Morgan fingerprint density at radius 1 is 1.24 bits per heavy atom. The zero-order valence-electron chi connectivity index (χ0n) is 26.4. The first-order chi connectivity index (χ1) is 19.8. The van der Waals surface area contributed by atoms with Crippen molar-refractivity contribution in [1.29, 1.82) is 0 Å². The Kier molecular flexibility index (Phi) is 14.3. The molecule has 1 aliphatic heterocycles. The van der Waals surface area contributed by atoms with Crippen molar-refractivity contribution < 1.29 is 24.2 Å². The number of hydrogen-bond donors (Lipinski definition) is 3. The maximum Gasteiger partial charge on any atom is 0.306 e. The number of aromatic nitrogens is 1. The van der Waals surface area contributed by atoms with E-state index in [0.717, 1.165) is 34.7 Å². The molecule has 0 bridgehead atoms. The van der Waals surface area contributed by atoms with Crippen LogP contribution in [0.25, 0.3) is 6.08 Å². The second kappa shape index (κ2) is 16.9. The zero-order chi connectivity index (χ0) is 31.4. The summed E-state index contributed by atoms with van der Waals surface area (Å²) >= 11 is 1.57. The number of esters is 1. The molecule has 0 saturated heterocycles. The highest BCUT2D eigenvalue weighted by Gasteiger charge is 2.43. The van der Waals surface area contributed by atoms with Crippen LogP contribution in [0, 0.1) is 24.2 Å². The number of nitrogens with zero attached hydrogens (tertiary/aromatic N) is 1. The van der Waals surface area contributed by atoms with E-state index in [1.54, 1.807) is 32.1 Å². The van der Waals surface area contributed by atoms with Crippen LogP contribution >= 0.6 is 11.3 Å². The summed E-state index contributed by atoms with van der Waals surface area (Å²) in [5, 5.41) is 17.2. The Labute approximate surface area is 255 Å². The van der Waals surface area contributed by atoms with E-state index in [1.807, 2.05) is 51.3 Å². The molecule has 0 aromatic carbocycles. The first-order valence-electron chi connectivity index (χ1n) is 15.1. The monoisotopic (exact) mass is 601 g/mol. The lowest BCUT2D eigenvalue weighted by molar-refractivity contribution is -0.158. The highest BCUT2D eigenvalue weighted by Crippen LogP contribution is 2.33. The van der Waals surface area contributed by atoms with Crippen molar-refractivity contribution in [3.8, 4) is 0 Å². The second-order valence-corrected chi connectivity index (χ2v) is 13.3. The smallest absolute Gasteiger partial charge is 0.306 e. The fourth-order valence-corrected chi connectivity index (χ4v) is 5.74. The lowest BCUT2D eigenvalue weighted by Crippen LogP contribution is -2.48. The van der Waals surface area contributed by atoms with E-state index in [9.17, 15) is 19.5 Å². The maximum absolute atomic E-state index is 13.8. The van der Waals surface area contributed by atoms with Gasteiger partial charge in [0.1, 0.15) is 11.9 Å². The number of aliphatic hydroxyl groups excluding tert-OH is 1. The molecule has 0 unspecified atom stereocenters. The quantitative estimate of drug-likeness (QED) is 0.198. The standard InChI is InChI=1S/C33H51N3O5S/c1-21-12-11-13-22(2)31(41-30(39)14-9-8-10-17-34)24(4)32(40)33(6,7)28(37)19-29(38)36-27(16-15-21)23(3)18-26-20-42-25(5)35-26/h11,13,15,18,20,22,24,27-28,31,37H,8-10,12,14,16-17,19,34H2,1-7H3,(H,36,38)/b13-11-,21-15-,23-18+/t22-,24+,27-,28-,31-/m0/s1. The van der Waals surface area contributed by atoms with Crippen LogP contribution in [0.3, 0.4) is 0 Å². The average Bonchev–Trinajstić information content (AvgIpc) is 3.34. The van der Waals surface area contributed by atoms with Gasteiger partial charge in [0.2, 0.25) is 5.91 Å². The molecule has 8 nitrogen and oxygen atoms in total. The van der Waals surface area contributed by atoms with Crippen molar-refractivity contribution in [1.82, 2.24) is 10.3 Å². The number of ether oxygens (including phenoxy) is 1. The van der Waals surface area contributed by atoms with Crippen LogP contribution in [0.15, 0.2) is 34.8 Å². The van der Waals surface area contributed by atoms with Gasteiger partial charge in [-0.1, -0.05) is 57.9 Å². The molecule has 1 aliphatic rings. The number of nitrogens with two attached hydrogens (primary N) is 1. The summed E-state index contributed by atoms with van der Waals surface area (Å²) in [7, 11) is 0. The van der Waals surface area contributed by atoms with Crippen molar-refractivity contribution in [2.24, 2.45) is 23.0 Å². The molecule has 0 saturated carbocycles. The first-order valence-corrected chi connectivity index (χ1v) is 16.0. The third-order valence-electron chi connectivity index (χ3n) is 8.10. The van der Waals surface area contributed by atoms with E-state index in [4.69, 9.17) is 10.5 Å². The third kappa shape index (κ3) is 10.9. The predicted molar refractivity (Wildman–Crippen MR) is 170 cm³/mol. The fraction of sp³-hybridized carbons (Fsp3) is 0.636. The molecule has 9 heteroatoms. The number of rotatable bonds is 8. The van der Waals surface area contributed by atoms with Crippen LogP contribution in [0.4, 0.5) is 0 Å². The number of amides is 1. The van der Waals surface area contributed by atoms with Gasteiger partial charge in [0.05, 0.1) is 40.6 Å². The lowest BCUT2D eigenvalue weighted by Gasteiger charge is -2.35. The van der Waals surface area contributed by atoms with Crippen molar-refractivity contribution in [2.75, 3.05) is 6.54 Å². The highest BCUT2D eigenvalue weighted by atomic mass is 32.1. The van der Waals surface area contributed by atoms with Gasteiger partial charge in [-0.15, -0.1) is 11.3 Å². The van der Waals surface area contributed by atoms with Gasteiger partial charge in [-0.2, -0.15) is 0 Å². The zero-order valence-corrected chi connectivity index (χ0v) is 27.3. The molecule has 0 spiro atoms. The van der Waals surface area contributed by atoms with Crippen molar-refractivity contribution in [3.05, 3.63) is 45.5 Å². The van der Waals surface area contributed by atoms with Crippen LogP contribution < -0.4 is 11.1 Å². The molecule has 0 radical (unpaired) electrons. The molecular formula is C33H51N3O5S. The minimum absolute atomic E-state index is 0.227. The maximum atomic E-state index is 13.8. The van der Waals surface area contributed by atoms with Crippen molar-refractivity contribution in [2.45, 2.75) is 112 Å². The van der Waals surface area contributed by atoms with Gasteiger partial charge in [-0.25, -0.2) is 4.98 Å². The number of nitrogens with one attached hydrogen (secondary N) is 1. The third-order valence-corrected chi connectivity index (χ3v) is 8.89. The first kappa shape index (κ1) is 35.6. The average molecular weight is 602 g/mol. The minimum Gasteiger partial charge on any atom is -0.461 e. The van der Waals surface area contributed by atoms with Crippen LogP contribution in [0.2, 0.25) is 0 Å². The Morgan fingerprint density at radius 2 is 1.95 bits per heavy atom. The van der Waals surface area contributed by atoms with Crippen molar-refractivity contribution >= 4 is 35.1 Å². The number of allylic oxidation sites excluding steroid dienone is 2. The van der Waals surface area contributed by atoms with Crippen LogP contribution in [0.5, 0.6) is 0 Å². The topological polar surface area (TPSA) is 132 Å². The van der Waals surface area contributed by atoms with E-state index in [-0.39, 0.29) is 42.5 Å². The Bertz CT molecular complexity index is 1150. The Hall–Kier alpha value is -2.62. The molecule has 0 fully saturated rings. The molecule has 5 atom stereocenters. The lowest BCUT2D eigenvalue weighted by atomic mass is 9.73. The van der Waals surface area contributed by atoms with Gasteiger partial charge in [-0.3, -0.25) is 14.4 Å². The minimum atomic E-state index is -1.24. The van der Waals surface area contributed by atoms with Gasteiger partial charge in [0.25, 0.3) is 0 Å². The normalized spacial score (nSPS) is 28.5. The summed E-state index contributed by atoms with van der Waals surface area (Å²) in [4.78, 5) is 44.3. The van der Waals surface area contributed by atoms with Crippen LogP contribution in [-0.4, -0.2) is 52.5 Å². The number of aliphatic hydroxyl groups is 1. The van der Waals surface area contributed by atoms with Gasteiger partial charge in [-0.05, 0) is 64.6 Å². The summed E-state index contributed by atoms with van der Waals surface area (Å²) in [5.41, 5.74) is 7.25. The summed E-state index contributed by atoms with van der Waals surface area (Å²) in [5.74, 6) is -1.85. The molecule has 2 rings (SSSR count). The Balaban J connectivity index is 2.36. The largest absolute Gasteiger partial charge is 0.461 e. The van der Waals surface area contributed by atoms with E-state index in [0.29, 0.717) is 25.8 Å². The molecule has 234 valence electrons. The van der Waals surface area contributed by atoms with E-state index < -0.39 is 23.5 Å². The Morgan fingerprint density at radius 3 is 2.60 bits per heavy atom. The highest BCUT2D eigenvalue weighted by molar-refractivity contribution is 7.09. The number of unbranched alkanes of at least 4 members (excludes halogenated alkanes) is 2. The predicted octanol–water partition coefficient (Wildman–Crippen LogP) is 5.69. The number of thiazole rings is 1. The molecule has 2 heterocycles. The van der Waals surface area contributed by atoms with Gasteiger partial charge in [0.15, 0.2) is 0 Å². The molecule has 42 heavy (non-hydrogen) atoms. The van der Waals surface area contributed by atoms with Crippen LogP contribution in [0.1, 0.15) is 97.2 Å². The number of aryl methyl sites for hydroxylation is 1. The second-order valence-electron chi connectivity index (χ2n) is 12.2. The summed E-state index contributed by atoms with van der Waals surface area (Å²) in [6.07, 6.45) is 9.87. The number of carbonyl (C=O) groups is 3. The summed E-state index contributed by atoms with van der Waals surface area (Å²) < 4.78 is 5.91. The molecular weight excluding hydrogens is 550 g/mol. The number of carbonyl (C=O) groups excluding carboxylic acids is 3. The van der Waals surface area contributed by atoms with Crippen molar-refractivity contribution in [3.63, 3.8) is 0 Å². The molecule has 1 amide bonds. The van der Waals surface area contributed by atoms with Gasteiger partial charge < -0.3 is 20.9 Å². The molecule has 1 aromatic heterocycles. The SMILES string of the molecule is C/C1=C/C[C@@H](/C(C)=C/c2csc(C)n2)NC(=O)C[C@H](O)C(C)(C)C(=O)[C@H](C)[C@@H](OC(=O)CCCCCN)[C@@H](C)/C=C\C1. The number of hydrogen-bond acceptors (Lipinski definition) is 8. The van der Waals surface area contributed by atoms with Gasteiger partial charge >= 0.3 is 5.97 Å². The van der Waals surface area contributed by atoms with E-state index in [1.165, 1.54) is 0 Å². The summed E-state index contributed by atoms with van der Waals surface area (Å²) in [6.45, 7) is 13.5. The number of ketones is 1. The van der Waals surface area contributed by atoms with Gasteiger partial charge in [0, 0.05) is 17.7 Å². The van der Waals surface area contributed by atoms with Crippen LogP contribution in [-0.2, 0) is 19.1 Å². The van der Waals surface area contributed by atoms with E-state index in [2.05, 4.69) is 16.4 Å². The molecule has 1 aromatic rings. The van der Waals surface area contributed by atoms with E-state index >= 15 is 0 Å². The number of Topliss-reactive ketones (excluding diaryl/α,β-unsaturated/α-hetero) is 1. The fourth-order valence-electron chi connectivity index (χ4n) is 5.17. The summed E-state index contributed by atoms with van der Waals surface area (Å²) in [6, 6.07) is -0.288.